The van der Waals surface area contributed by atoms with Gasteiger partial charge in [-0.05, 0) is 56.2 Å². The highest BCUT2D eigenvalue weighted by atomic mass is 32.2. The number of carbonyl (C=O) groups is 2. The third kappa shape index (κ3) is 7.55. The zero-order chi connectivity index (χ0) is 26.9. The monoisotopic (exact) mass is 533 g/mol. The van der Waals surface area contributed by atoms with Crippen LogP contribution in [0.15, 0.2) is 65.8 Å². The van der Waals surface area contributed by atoms with E-state index in [1.54, 1.807) is 4.90 Å². The van der Waals surface area contributed by atoms with Crippen LogP contribution in [0.1, 0.15) is 30.3 Å². The van der Waals surface area contributed by atoms with Crippen LogP contribution in [0.3, 0.4) is 0 Å². The number of morpholine rings is 1. The summed E-state index contributed by atoms with van der Waals surface area (Å²) in [5.41, 5.74) is 4.49. The van der Waals surface area contributed by atoms with Crippen molar-refractivity contribution in [2.75, 3.05) is 42.3 Å². The Hall–Kier alpha value is -3.43. The number of nitrogens with one attached hydrogen (secondary N) is 1. The van der Waals surface area contributed by atoms with Gasteiger partial charge in [-0.1, -0.05) is 49.0 Å². The van der Waals surface area contributed by atoms with Crippen molar-refractivity contribution in [3.63, 3.8) is 0 Å². The summed E-state index contributed by atoms with van der Waals surface area (Å²) in [4.78, 5) is 39.8. The Morgan fingerprint density at radius 2 is 1.68 bits per heavy atom. The molecule has 1 fully saturated rings. The van der Waals surface area contributed by atoms with Crippen molar-refractivity contribution in [3.8, 4) is 0 Å². The summed E-state index contributed by atoms with van der Waals surface area (Å²) >= 11 is 1.30. The second-order valence-electron chi connectivity index (χ2n) is 9.29. The first-order valence-electron chi connectivity index (χ1n) is 12.9. The first-order chi connectivity index (χ1) is 18.4. The summed E-state index contributed by atoms with van der Waals surface area (Å²) in [5.74, 6) is -0.192. The Labute approximate surface area is 228 Å². The van der Waals surface area contributed by atoms with E-state index < -0.39 is 6.04 Å². The van der Waals surface area contributed by atoms with Gasteiger partial charge in [-0.15, -0.1) is 0 Å². The molecule has 2 heterocycles. The molecule has 2 amide bonds. The molecule has 1 unspecified atom stereocenters. The Morgan fingerprint density at radius 3 is 2.32 bits per heavy atom. The number of aryl methyl sites for hydroxylation is 2. The largest absolute Gasteiger partial charge is 0.378 e. The lowest BCUT2D eigenvalue weighted by molar-refractivity contribution is -0.137. The fourth-order valence-electron chi connectivity index (χ4n) is 4.47. The van der Waals surface area contributed by atoms with Crippen molar-refractivity contribution >= 4 is 35.0 Å². The Balaban J connectivity index is 1.47. The van der Waals surface area contributed by atoms with Crippen molar-refractivity contribution < 1.29 is 14.3 Å². The lowest BCUT2D eigenvalue weighted by atomic mass is 10.1. The van der Waals surface area contributed by atoms with Gasteiger partial charge in [0.05, 0.1) is 19.0 Å². The van der Waals surface area contributed by atoms with Crippen molar-refractivity contribution in [2.24, 2.45) is 0 Å². The Kier molecular flexibility index (Phi) is 9.73. The SMILES string of the molecule is CCC(C(=O)Nc1ccc(N2CCOCC2)cc1)N(Cc1ccccc1)C(=O)CSc1nc(C)cc(C)n1. The highest BCUT2D eigenvalue weighted by Gasteiger charge is 2.29. The van der Waals surface area contributed by atoms with Gasteiger partial charge in [-0.3, -0.25) is 9.59 Å². The second kappa shape index (κ2) is 13.4. The molecule has 38 heavy (non-hydrogen) atoms. The zero-order valence-corrected chi connectivity index (χ0v) is 23.0. The maximum absolute atomic E-state index is 13.5. The third-order valence-electron chi connectivity index (χ3n) is 6.38. The van der Waals surface area contributed by atoms with Gasteiger partial charge in [0.15, 0.2) is 5.16 Å². The molecule has 0 spiro atoms. The molecule has 1 N–H and O–H groups in total. The molecule has 9 heteroatoms. The number of hydrogen-bond donors (Lipinski definition) is 1. The topological polar surface area (TPSA) is 87.7 Å². The van der Waals surface area contributed by atoms with Gasteiger partial charge < -0.3 is 19.9 Å². The molecule has 1 saturated heterocycles. The van der Waals surface area contributed by atoms with Crippen molar-refractivity contribution in [3.05, 3.63) is 77.6 Å². The molecule has 1 aliphatic rings. The molecule has 0 aliphatic carbocycles. The van der Waals surface area contributed by atoms with Gasteiger partial charge in [0.25, 0.3) is 0 Å². The molecule has 1 atom stereocenters. The normalized spacial score (nSPS) is 14.1. The molecule has 8 nitrogen and oxygen atoms in total. The standard InChI is InChI=1S/C29H35N5O3S/c1-4-26(28(36)32-24-10-12-25(13-11-24)33-14-16-37-17-15-33)34(19-23-8-6-5-7-9-23)27(35)20-38-29-30-21(2)18-22(3)31-29/h5-13,18,26H,4,14-17,19-20H2,1-3H3,(H,32,36). The van der Waals surface area contributed by atoms with Crippen LogP contribution in [-0.4, -0.2) is 64.8 Å². The van der Waals surface area contributed by atoms with E-state index in [2.05, 4.69) is 20.2 Å². The minimum atomic E-state index is -0.623. The summed E-state index contributed by atoms with van der Waals surface area (Å²) in [7, 11) is 0. The van der Waals surface area contributed by atoms with Crippen LogP contribution in [0.5, 0.6) is 0 Å². The average molecular weight is 534 g/mol. The molecule has 3 aromatic rings. The zero-order valence-electron chi connectivity index (χ0n) is 22.2. The number of thioether (sulfide) groups is 1. The predicted octanol–water partition coefficient (Wildman–Crippen LogP) is 4.47. The van der Waals surface area contributed by atoms with E-state index in [1.165, 1.54) is 11.8 Å². The number of amides is 2. The number of carbonyl (C=O) groups excluding carboxylic acids is 2. The van der Waals surface area contributed by atoms with Crippen LogP contribution >= 0.6 is 11.8 Å². The van der Waals surface area contributed by atoms with E-state index >= 15 is 0 Å². The highest BCUT2D eigenvalue weighted by molar-refractivity contribution is 7.99. The maximum Gasteiger partial charge on any atom is 0.247 e. The van der Waals surface area contributed by atoms with Crippen LogP contribution < -0.4 is 10.2 Å². The molecular formula is C29H35N5O3S. The molecule has 2 aromatic carbocycles. The van der Waals surface area contributed by atoms with E-state index in [0.29, 0.717) is 23.8 Å². The number of benzene rings is 2. The second-order valence-corrected chi connectivity index (χ2v) is 10.2. The molecule has 0 radical (unpaired) electrons. The van der Waals surface area contributed by atoms with Crippen molar-refractivity contribution in [1.29, 1.82) is 0 Å². The Bertz CT molecular complexity index is 1200. The van der Waals surface area contributed by atoms with Crippen molar-refractivity contribution in [1.82, 2.24) is 14.9 Å². The van der Waals surface area contributed by atoms with Gasteiger partial charge in [-0.2, -0.15) is 0 Å². The van der Waals surface area contributed by atoms with Crippen LogP contribution in [0.4, 0.5) is 11.4 Å². The number of anilines is 2. The van der Waals surface area contributed by atoms with Gasteiger partial charge in [0.2, 0.25) is 11.8 Å². The first kappa shape index (κ1) is 27.6. The quantitative estimate of drug-likeness (QED) is 0.304. The lowest BCUT2D eigenvalue weighted by Gasteiger charge is -2.31. The molecule has 4 rings (SSSR count). The summed E-state index contributed by atoms with van der Waals surface area (Å²) in [6, 6.07) is 18.9. The van der Waals surface area contributed by atoms with E-state index in [4.69, 9.17) is 4.74 Å². The van der Waals surface area contributed by atoms with Gasteiger partial charge in [-0.25, -0.2) is 9.97 Å². The van der Waals surface area contributed by atoms with E-state index in [1.807, 2.05) is 81.4 Å². The van der Waals surface area contributed by atoms with E-state index in [0.717, 1.165) is 48.9 Å². The average Bonchev–Trinajstić information content (AvgIpc) is 2.92. The fourth-order valence-corrected chi connectivity index (χ4v) is 5.31. The molecular weight excluding hydrogens is 498 g/mol. The molecule has 1 aliphatic heterocycles. The Morgan fingerprint density at radius 1 is 1.03 bits per heavy atom. The van der Waals surface area contributed by atoms with Gasteiger partial charge >= 0.3 is 0 Å². The van der Waals surface area contributed by atoms with Crippen molar-refractivity contribution in [2.45, 2.75) is 44.9 Å². The maximum atomic E-state index is 13.5. The summed E-state index contributed by atoms with van der Waals surface area (Å²) < 4.78 is 5.43. The smallest absolute Gasteiger partial charge is 0.247 e. The van der Waals surface area contributed by atoms with E-state index in [-0.39, 0.29) is 17.6 Å². The van der Waals surface area contributed by atoms with Crippen LogP contribution in [0.2, 0.25) is 0 Å². The number of aromatic nitrogens is 2. The third-order valence-corrected chi connectivity index (χ3v) is 7.21. The number of rotatable bonds is 10. The molecule has 0 bridgehead atoms. The number of nitrogens with zero attached hydrogens (tertiary/aromatic N) is 4. The van der Waals surface area contributed by atoms with E-state index in [9.17, 15) is 9.59 Å². The predicted molar refractivity (Wildman–Crippen MR) is 151 cm³/mol. The molecule has 200 valence electrons. The summed E-state index contributed by atoms with van der Waals surface area (Å²) in [6.07, 6.45) is 0.487. The minimum Gasteiger partial charge on any atom is -0.378 e. The summed E-state index contributed by atoms with van der Waals surface area (Å²) in [5, 5.41) is 3.59. The minimum absolute atomic E-state index is 0.133. The van der Waals surface area contributed by atoms with Crippen LogP contribution in [-0.2, 0) is 20.9 Å². The highest BCUT2D eigenvalue weighted by Crippen LogP contribution is 2.22. The number of hydrogen-bond acceptors (Lipinski definition) is 7. The number of ether oxygens (including phenoxy) is 1. The summed E-state index contributed by atoms with van der Waals surface area (Å²) in [6.45, 7) is 9.23. The lowest BCUT2D eigenvalue weighted by Crippen LogP contribution is -2.47. The molecule has 0 saturated carbocycles. The fraction of sp³-hybridized carbons (Fsp3) is 0.379. The van der Waals surface area contributed by atoms with Crippen LogP contribution in [0.25, 0.3) is 0 Å². The van der Waals surface area contributed by atoms with Gasteiger partial charge in [0.1, 0.15) is 6.04 Å². The van der Waals surface area contributed by atoms with Gasteiger partial charge in [0, 0.05) is 42.4 Å². The first-order valence-corrected chi connectivity index (χ1v) is 13.9. The van der Waals surface area contributed by atoms with Crippen LogP contribution in [0, 0.1) is 13.8 Å². The molecule has 1 aromatic heterocycles.